The Morgan fingerprint density at radius 1 is 1.32 bits per heavy atom. The fourth-order valence-electron chi connectivity index (χ4n) is 3.36. The summed E-state index contributed by atoms with van der Waals surface area (Å²) in [6.07, 6.45) is 11.3. The number of aromatic amines is 1. The van der Waals surface area contributed by atoms with Gasteiger partial charge in [-0.2, -0.15) is 5.21 Å². The number of hydrogen-bond donors (Lipinski definition) is 2. The number of aromatic nitrogens is 4. The quantitative estimate of drug-likeness (QED) is 0.346. The average Bonchev–Trinajstić information content (AvgIpc) is 3.33. The maximum atomic E-state index is 12.2. The molecule has 1 fully saturated rings. The van der Waals surface area contributed by atoms with Crippen LogP contribution in [0.25, 0.3) is 0 Å². The number of carbonyl (C=O) groups is 1. The zero-order chi connectivity index (χ0) is 20.2. The second kappa shape index (κ2) is 12.3. The molecule has 1 aromatic rings. The number of amides is 1. The van der Waals surface area contributed by atoms with E-state index in [-0.39, 0.29) is 17.9 Å². The summed E-state index contributed by atoms with van der Waals surface area (Å²) in [5.74, 6) is 7.21. The van der Waals surface area contributed by atoms with Crippen molar-refractivity contribution in [3.05, 3.63) is 18.0 Å². The Morgan fingerprint density at radius 2 is 2.14 bits per heavy atom. The van der Waals surface area contributed by atoms with E-state index in [9.17, 15) is 9.90 Å². The lowest BCUT2D eigenvalue weighted by molar-refractivity contribution is -0.128. The first kappa shape index (κ1) is 22.1. The molecule has 0 aromatic carbocycles. The van der Waals surface area contributed by atoms with Crippen molar-refractivity contribution in [2.75, 3.05) is 6.54 Å². The van der Waals surface area contributed by atoms with Crippen molar-refractivity contribution in [3.8, 4) is 11.8 Å². The van der Waals surface area contributed by atoms with Gasteiger partial charge in [0.05, 0.1) is 12.1 Å². The number of carbonyl (C=O) groups excluding carboxylic acids is 1. The third-order valence-corrected chi connectivity index (χ3v) is 5.15. The van der Waals surface area contributed by atoms with Gasteiger partial charge in [0, 0.05) is 32.2 Å². The van der Waals surface area contributed by atoms with Gasteiger partial charge in [-0.1, -0.05) is 44.1 Å². The summed E-state index contributed by atoms with van der Waals surface area (Å²) in [7, 11) is 0. The number of likely N-dealkylation sites (tertiary alicyclic amines) is 1. The molecule has 1 unspecified atom stereocenters. The minimum absolute atomic E-state index is 0.0973. The van der Waals surface area contributed by atoms with Gasteiger partial charge >= 0.3 is 0 Å². The van der Waals surface area contributed by atoms with Crippen molar-refractivity contribution in [1.82, 2.24) is 25.5 Å². The fraction of sp³-hybridized carbons (Fsp3) is 0.714. The lowest BCUT2D eigenvalue weighted by atomic mass is 10.00. The number of H-pyrrole nitrogens is 1. The van der Waals surface area contributed by atoms with Gasteiger partial charge in [-0.25, -0.2) is 0 Å². The van der Waals surface area contributed by atoms with Gasteiger partial charge < -0.3 is 10.0 Å². The van der Waals surface area contributed by atoms with Crippen LogP contribution in [0.3, 0.4) is 0 Å². The molecule has 3 atom stereocenters. The minimum Gasteiger partial charge on any atom is -0.389 e. The van der Waals surface area contributed by atoms with Gasteiger partial charge in [0.25, 0.3) is 0 Å². The highest BCUT2D eigenvalue weighted by molar-refractivity contribution is 5.79. The number of aryl methyl sites for hydroxylation is 1. The first-order valence-electron chi connectivity index (χ1n) is 10.5. The highest BCUT2D eigenvalue weighted by atomic mass is 16.3. The smallest absolute Gasteiger partial charge is 0.223 e. The molecule has 0 bridgehead atoms. The molecule has 0 spiro atoms. The molecule has 0 saturated carbocycles. The zero-order valence-corrected chi connectivity index (χ0v) is 17.1. The lowest BCUT2D eigenvalue weighted by Gasteiger charge is -2.23. The monoisotopic (exact) mass is 387 g/mol. The summed E-state index contributed by atoms with van der Waals surface area (Å²) >= 11 is 0. The normalized spacial score (nSPS) is 19.0. The van der Waals surface area contributed by atoms with Crippen LogP contribution in [0.15, 0.2) is 12.2 Å². The Labute approximate surface area is 168 Å². The molecule has 7 nitrogen and oxygen atoms in total. The summed E-state index contributed by atoms with van der Waals surface area (Å²) in [5, 5.41) is 24.2. The van der Waals surface area contributed by atoms with Crippen LogP contribution in [0, 0.1) is 17.8 Å². The molecule has 154 valence electrons. The number of aliphatic hydroxyl groups excluding tert-OH is 1. The Balaban J connectivity index is 1.69. The van der Waals surface area contributed by atoms with Gasteiger partial charge in [0.15, 0.2) is 5.82 Å². The molecule has 2 heterocycles. The summed E-state index contributed by atoms with van der Waals surface area (Å²) in [6.45, 7) is 4.81. The van der Waals surface area contributed by atoms with Crippen LogP contribution < -0.4 is 0 Å². The molecule has 1 amide bonds. The van der Waals surface area contributed by atoms with Gasteiger partial charge in [-0.05, 0) is 25.2 Å². The maximum absolute atomic E-state index is 12.2. The van der Waals surface area contributed by atoms with Crippen LogP contribution in [-0.2, 0) is 11.2 Å². The van der Waals surface area contributed by atoms with Crippen LogP contribution in [0.1, 0.15) is 71.0 Å². The fourth-order valence-corrected chi connectivity index (χ4v) is 3.36. The van der Waals surface area contributed by atoms with E-state index in [4.69, 9.17) is 0 Å². The average molecular weight is 388 g/mol. The summed E-state index contributed by atoms with van der Waals surface area (Å²) in [6, 6.07) is 0.107. The minimum atomic E-state index is -0.520. The topological polar surface area (TPSA) is 95.0 Å². The van der Waals surface area contributed by atoms with E-state index in [1.165, 1.54) is 0 Å². The Kier molecular flexibility index (Phi) is 9.70. The predicted octanol–water partition coefficient (Wildman–Crippen LogP) is 2.65. The van der Waals surface area contributed by atoms with E-state index >= 15 is 0 Å². The van der Waals surface area contributed by atoms with Gasteiger partial charge in [0.1, 0.15) is 0 Å². The van der Waals surface area contributed by atoms with Crippen molar-refractivity contribution >= 4 is 5.91 Å². The van der Waals surface area contributed by atoms with Crippen LogP contribution in [0.5, 0.6) is 0 Å². The van der Waals surface area contributed by atoms with Crippen molar-refractivity contribution in [2.24, 2.45) is 5.92 Å². The van der Waals surface area contributed by atoms with Crippen LogP contribution in [0.2, 0.25) is 0 Å². The van der Waals surface area contributed by atoms with E-state index in [0.29, 0.717) is 12.8 Å². The molecular weight excluding hydrogens is 354 g/mol. The van der Waals surface area contributed by atoms with Crippen molar-refractivity contribution in [1.29, 1.82) is 0 Å². The van der Waals surface area contributed by atoms with E-state index in [1.54, 1.807) is 0 Å². The number of nitrogens with one attached hydrogen (secondary N) is 1. The second-order valence-electron chi connectivity index (χ2n) is 7.45. The third kappa shape index (κ3) is 7.43. The molecule has 1 saturated heterocycles. The van der Waals surface area contributed by atoms with Crippen molar-refractivity contribution in [2.45, 2.75) is 83.8 Å². The summed E-state index contributed by atoms with van der Waals surface area (Å²) in [4.78, 5) is 14.2. The van der Waals surface area contributed by atoms with E-state index in [1.807, 2.05) is 30.9 Å². The van der Waals surface area contributed by atoms with Gasteiger partial charge in [-0.3, -0.25) is 4.79 Å². The van der Waals surface area contributed by atoms with Crippen LogP contribution >= 0.6 is 0 Å². The van der Waals surface area contributed by atoms with Crippen molar-refractivity contribution in [3.63, 3.8) is 0 Å². The van der Waals surface area contributed by atoms with Gasteiger partial charge in [-0.15, -0.1) is 22.0 Å². The number of tetrazole rings is 1. The molecular formula is C21H33N5O2. The molecule has 2 rings (SSSR count). The highest BCUT2D eigenvalue weighted by Crippen LogP contribution is 2.21. The summed E-state index contributed by atoms with van der Waals surface area (Å²) in [5.41, 5.74) is 0. The standard InChI is InChI=1S/C21H33N5O2/c1-3-4-7-10-17(2)19(27)14-12-18-13-15-21(28)26(18)16-9-6-5-8-11-20-22-24-25-23-20/h12,14,17-19,27H,3,5-6,8-11,13,15-16H2,1-2H3,(H,22,23,24,25)/t17-,18?,19-/m0/s1. The number of nitrogens with zero attached hydrogens (tertiary/aromatic N) is 4. The Bertz CT molecular complexity index is 662. The number of aliphatic hydroxyl groups is 1. The van der Waals surface area contributed by atoms with E-state index < -0.39 is 6.10 Å². The highest BCUT2D eigenvalue weighted by Gasteiger charge is 2.28. The molecule has 2 N–H and O–H groups in total. The lowest BCUT2D eigenvalue weighted by Crippen LogP contribution is -2.33. The van der Waals surface area contributed by atoms with Crippen LogP contribution in [0.4, 0.5) is 0 Å². The predicted molar refractivity (Wildman–Crippen MR) is 108 cm³/mol. The summed E-state index contributed by atoms with van der Waals surface area (Å²) < 4.78 is 0. The van der Waals surface area contributed by atoms with E-state index in [2.05, 4.69) is 32.5 Å². The molecule has 0 radical (unpaired) electrons. The third-order valence-electron chi connectivity index (χ3n) is 5.15. The zero-order valence-electron chi connectivity index (χ0n) is 17.1. The molecule has 28 heavy (non-hydrogen) atoms. The first-order valence-corrected chi connectivity index (χ1v) is 10.5. The Morgan fingerprint density at radius 3 is 2.89 bits per heavy atom. The SMILES string of the molecule is CCC#CC[C@H](C)[C@@H](O)C=CC1CCC(=O)N1CCCCCCc1nn[nH]n1. The van der Waals surface area contributed by atoms with E-state index in [0.717, 1.165) is 57.3 Å². The molecule has 1 aliphatic heterocycles. The Hall–Kier alpha value is -2.20. The molecule has 7 heteroatoms. The second-order valence-corrected chi connectivity index (χ2v) is 7.45. The number of unbranched alkanes of at least 4 members (excludes halogenated alkanes) is 3. The largest absolute Gasteiger partial charge is 0.389 e. The number of rotatable bonds is 11. The molecule has 1 aromatic heterocycles. The molecule has 0 aliphatic carbocycles. The van der Waals surface area contributed by atoms with Crippen molar-refractivity contribution < 1.29 is 9.90 Å². The molecule has 1 aliphatic rings. The van der Waals surface area contributed by atoms with Crippen LogP contribution in [-0.4, -0.2) is 55.2 Å². The van der Waals surface area contributed by atoms with Gasteiger partial charge in [0.2, 0.25) is 5.91 Å². The maximum Gasteiger partial charge on any atom is 0.223 e. The first-order chi connectivity index (χ1) is 13.6. The number of hydrogen-bond acceptors (Lipinski definition) is 5.